The third kappa shape index (κ3) is 2.43. The summed E-state index contributed by atoms with van der Waals surface area (Å²) in [5, 5.41) is 3.46. The highest BCUT2D eigenvalue weighted by atomic mass is 32.1. The number of rotatable bonds is 1. The molecule has 7 heteroatoms. The van der Waals surface area contributed by atoms with Crippen LogP contribution in [0.15, 0.2) is 18.2 Å². The van der Waals surface area contributed by atoms with Gasteiger partial charge in [-0.25, -0.2) is 9.37 Å². The van der Waals surface area contributed by atoms with Gasteiger partial charge >= 0.3 is 6.18 Å². The standard InChI is InChI=1S/C13H10F4N2S/c14-9-2-1-7(13(15,16)17)5-8(9)12-19-10-3-4-18-6-11(10)20-12/h1-2,5,18H,3-4,6H2. The van der Waals surface area contributed by atoms with Gasteiger partial charge in [0.25, 0.3) is 0 Å². The molecule has 0 bridgehead atoms. The third-order valence-electron chi connectivity index (χ3n) is 3.13. The van der Waals surface area contributed by atoms with Gasteiger partial charge in [0.15, 0.2) is 0 Å². The average molecular weight is 302 g/mol. The molecule has 1 aliphatic heterocycles. The van der Waals surface area contributed by atoms with Crippen LogP contribution in [0.3, 0.4) is 0 Å². The zero-order chi connectivity index (χ0) is 14.3. The number of benzene rings is 1. The van der Waals surface area contributed by atoms with Crippen LogP contribution in [0, 0.1) is 5.82 Å². The fourth-order valence-electron chi connectivity index (χ4n) is 2.11. The van der Waals surface area contributed by atoms with E-state index in [1.807, 2.05) is 0 Å². The molecule has 0 unspecified atom stereocenters. The maximum absolute atomic E-state index is 13.8. The maximum Gasteiger partial charge on any atom is 0.416 e. The Morgan fingerprint density at radius 1 is 1.25 bits per heavy atom. The van der Waals surface area contributed by atoms with E-state index in [0.29, 0.717) is 18.0 Å². The fraction of sp³-hybridized carbons (Fsp3) is 0.308. The van der Waals surface area contributed by atoms with Crippen molar-refractivity contribution in [2.45, 2.75) is 19.1 Å². The summed E-state index contributed by atoms with van der Waals surface area (Å²) in [6.07, 6.45) is -3.77. The maximum atomic E-state index is 13.8. The molecule has 1 aromatic carbocycles. The van der Waals surface area contributed by atoms with E-state index in [1.54, 1.807) is 0 Å². The van der Waals surface area contributed by atoms with Crippen molar-refractivity contribution in [3.8, 4) is 10.6 Å². The summed E-state index contributed by atoms with van der Waals surface area (Å²) in [6, 6.07) is 2.41. The second-order valence-corrected chi connectivity index (χ2v) is 5.59. The van der Waals surface area contributed by atoms with Crippen LogP contribution in [-0.4, -0.2) is 11.5 Å². The van der Waals surface area contributed by atoms with E-state index in [4.69, 9.17) is 0 Å². The molecule has 1 aliphatic rings. The molecule has 2 aromatic rings. The summed E-state index contributed by atoms with van der Waals surface area (Å²) in [5.74, 6) is -0.683. The van der Waals surface area contributed by atoms with Gasteiger partial charge in [0.05, 0.1) is 11.3 Å². The Morgan fingerprint density at radius 3 is 2.75 bits per heavy atom. The van der Waals surface area contributed by atoms with Gasteiger partial charge in [0, 0.05) is 30.0 Å². The van der Waals surface area contributed by atoms with Crippen LogP contribution in [0.2, 0.25) is 0 Å². The summed E-state index contributed by atoms with van der Waals surface area (Å²) in [4.78, 5) is 5.24. The van der Waals surface area contributed by atoms with Gasteiger partial charge in [-0.2, -0.15) is 13.2 Å². The van der Waals surface area contributed by atoms with Crippen molar-refractivity contribution in [1.29, 1.82) is 0 Å². The molecule has 0 fully saturated rings. The average Bonchev–Trinajstić information content (AvgIpc) is 2.81. The Bertz CT molecular complexity index is 625. The van der Waals surface area contributed by atoms with E-state index < -0.39 is 17.6 Å². The molecule has 0 amide bonds. The number of hydrogen-bond acceptors (Lipinski definition) is 3. The predicted octanol–water partition coefficient (Wildman–Crippen LogP) is 3.61. The highest BCUT2D eigenvalue weighted by Gasteiger charge is 2.31. The topological polar surface area (TPSA) is 24.9 Å². The molecule has 2 nitrogen and oxygen atoms in total. The summed E-state index contributed by atoms with van der Waals surface area (Å²) >= 11 is 1.24. The largest absolute Gasteiger partial charge is 0.416 e. The number of alkyl halides is 3. The van der Waals surface area contributed by atoms with Gasteiger partial charge in [-0.15, -0.1) is 11.3 Å². The van der Waals surface area contributed by atoms with E-state index in [1.165, 1.54) is 11.3 Å². The first-order valence-corrected chi connectivity index (χ1v) is 6.83. The van der Waals surface area contributed by atoms with E-state index in [-0.39, 0.29) is 5.56 Å². The lowest BCUT2D eigenvalue weighted by atomic mass is 10.1. The predicted molar refractivity (Wildman–Crippen MR) is 67.9 cm³/mol. The molecule has 0 spiro atoms. The van der Waals surface area contributed by atoms with Gasteiger partial charge in [-0.1, -0.05) is 0 Å². The molecule has 106 valence electrons. The SMILES string of the molecule is Fc1ccc(C(F)(F)F)cc1-c1nc2c(s1)CNCC2. The second-order valence-electron chi connectivity index (χ2n) is 4.51. The van der Waals surface area contributed by atoms with E-state index >= 15 is 0 Å². The molecule has 20 heavy (non-hydrogen) atoms. The molecule has 1 aromatic heterocycles. The van der Waals surface area contributed by atoms with Gasteiger partial charge in [0.2, 0.25) is 0 Å². The molecule has 2 heterocycles. The van der Waals surface area contributed by atoms with Crippen molar-refractivity contribution >= 4 is 11.3 Å². The highest BCUT2D eigenvalue weighted by molar-refractivity contribution is 7.15. The van der Waals surface area contributed by atoms with Crippen LogP contribution in [0.4, 0.5) is 17.6 Å². The van der Waals surface area contributed by atoms with Gasteiger partial charge in [-0.05, 0) is 18.2 Å². The zero-order valence-electron chi connectivity index (χ0n) is 10.2. The summed E-state index contributed by atoms with van der Waals surface area (Å²) in [6.45, 7) is 1.41. The molecular formula is C13H10F4N2S. The second kappa shape index (κ2) is 4.82. The van der Waals surface area contributed by atoms with Crippen molar-refractivity contribution in [3.05, 3.63) is 40.2 Å². The molecule has 0 saturated carbocycles. The lowest BCUT2D eigenvalue weighted by molar-refractivity contribution is -0.137. The Labute approximate surface area is 116 Å². The molecular weight excluding hydrogens is 292 g/mol. The Balaban J connectivity index is 2.07. The molecule has 3 rings (SSSR count). The van der Waals surface area contributed by atoms with Crippen LogP contribution in [0.1, 0.15) is 16.1 Å². The van der Waals surface area contributed by atoms with E-state index in [0.717, 1.165) is 35.3 Å². The molecule has 1 N–H and O–H groups in total. The van der Waals surface area contributed by atoms with Crippen LogP contribution in [0.5, 0.6) is 0 Å². The number of aromatic nitrogens is 1. The number of hydrogen-bond donors (Lipinski definition) is 1. The smallest absolute Gasteiger partial charge is 0.311 e. The summed E-state index contributed by atoms with van der Waals surface area (Å²) < 4.78 is 51.9. The Hall–Kier alpha value is -1.47. The number of nitrogens with one attached hydrogen (secondary N) is 1. The van der Waals surface area contributed by atoms with Crippen molar-refractivity contribution in [2.24, 2.45) is 0 Å². The van der Waals surface area contributed by atoms with Gasteiger partial charge < -0.3 is 5.32 Å². The minimum atomic E-state index is -4.49. The van der Waals surface area contributed by atoms with Crippen LogP contribution in [-0.2, 0) is 19.1 Å². The first-order chi connectivity index (χ1) is 9.45. The Morgan fingerprint density at radius 2 is 2.05 bits per heavy atom. The minimum absolute atomic E-state index is 0.0841. The summed E-state index contributed by atoms with van der Waals surface area (Å²) in [5.41, 5.74) is -0.0972. The lowest BCUT2D eigenvalue weighted by Crippen LogP contribution is -2.22. The van der Waals surface area contributed by atoms with Crippen molar-refractivity contribution in [1.82, 2.24) is 10.3 Å². The third-order valence-corrected chi connectivity index (χ3v) is 4.26. The molecule has 0 radical (unpaired) electrons. The van der Waals surface area contributed by atoms with Crippen LogP contribution >= 0.6 is 11.3 Å². The molecule has 0 aliphatic carbocycles. The normalized spacial score (nSPS) is 15.2. The van der Waals surface area contributed by atoms with Gasteiger partial charge in [-0.3, -0.25) is 0 Å². The lowest BCUT2D eigenvalue weighted by Gasteiger charge is -2.09. The monoisotopic (exact) mass is 302 g/mol. The number of nitrogens with zero attached hydrogens (tertiary/aromatic N) is 1. The van der Waals surface area contributed by atoms with Crippen LogP contribution in [0.25, 0.3) is 10.6 Å². The summed E-state index contributed by atoms with van der Waals surface area (Å²) in [7, 11) is 0. The molecule has 0 atom stereocenters. The first-order valence-electron chi connectivity index (χ1n) is 6.01. The van der Waals surface area contributed by atoms with Crippen LogP contribution < -0.4 is 5.32 Å². The number of halogens is 4. The molecule has 0 saturated heterocycles. The van der Waals surface area contributed by atoms with Gasteiger partial charge in [0.1, 0.15) is 10.8 Å². The quantitative estimate of drug-likeness (QED) is 0.814. The number of thiazole rings is 1. The number of fused-ring (bicyclic) bond motifs is 1. The van der Waals surface area contributed by atoms with E-state index in [9.17, 15) is 17.6 Å². The minimum Gasteiger partial charge on any atom is -0.311 e. The van der Waals surface area contributed by atoms with E-state index in [2.05, 4.69) is 10.3 Å². The van der Waals surface area contributed by atoms with Crippen molar-refractivity contribution in [3.63, 3.8) is 0 Å². The van der Waals surface area contributed by atoms with Crippen molar-refractivity contribution < 1.29 is 17.6 Å². The first kappa shape index (κ1) is 13.5. The Kier molecular flexibility index (Phi) is 3.25. The van der Waals surface area contributed by atoms with Crippen molar-refractivity contribution in [2.75, 3.05) is 6.54 Å². The fourth-order valence-corrected chi connectivity index (χ4v) is 3.20. The zero-order valence-corrected chi connectivity index (χ0v) is 11.0. The highest BCUT2D eigenvalue weighted by Crippen LogP contribution is 2.36.